The van der Waals surface area contributed by atoms with Gasteiger partial charge in [-0.15, -0.1) is 0 Å². The van der Waals surface area contributed by atoms with Gasteiger partial charge in [-0.1, -0.05) is 30.3 Å². The molecule has 2 heterocycles. The van der Waals surface area contributed by atoms with Crippen LogP contribution in [0.15, 0.2) is 55.0 Å². The summed E-state index contributed by atoms with van der Waals surface area (Å²) in [7, 11) is 0. The van der Waals surface area contributed by atoms with Crippen LogP contribution < -0.4 is 5.32 Å². The lowest BCUT2D eigenvalue weighted by Crippen LogP contribution is -2.38. The maximum atomic E-state index is 12.2. The van der Waals surface area contributed by atoms with Crippen molar-refractivity contribution in [3.8, 4) is 0 Å². The SMILES string of the molecule is CC(O)(CNC(=O)c1cn2cccnc2n1)c1ccccc1. The fourth-order valence-corrected chi connectivity index (χ4v) is 2.18. The Bertz CT molecular complexity index is 763. The smallest absolute Gasteiger partial charge is 0.271 e. The lowest BCUT2D eigenvalue weighted by molar-refractivity contribution is 0.0525. The van der Waals surface area contributed by atoms with Gasteiger partial charge in [0.1, 0.15) is 11.3 Å². The van der Waals surface area contributed by atoms with Gasteiger partial charge < -0.3 is 10.4 Å². The minimum absolute atomic E-state index is 0.0944. The van der Waals surface area contributed by atoms with E-state index in [0.717, 1.165) is 5.56 Å². The zero-order chi connectivity index (χ0) is 15.6. The second kappa shape index (κ2) is 5.57. The van der Waals surface area contributed by atoms with Crippen LogP contribution in [0.25, 0.3) is 5.78 Å². The lowest BCUT2D eigenvalue weighted by Gasteiger charge is -2.23. The summed E-state index contributed by atoms with van der Waals surface area (Å²) < 4.78 is 1.67. The van der Waals surface area contributed by atoms with Gasteiger partial charge in [0.05, 0.1) is 6.54 Å². The normalized spacial score (nSPS) is 13.7. The van der Waals surface area contributed by atoms with Crippen molar-refractivity contribution in [2.75, 3.05) is 6.54 Å². The zero-order valence-corrected chi connectivity index (χ0v) is 12.1. The third kappa shape index (κ3) is 2.82. The van der Waals surface area contributed by atoms with E-state index in [1.807, 2.05) is 30.3 Å². The lowest BCUT2D eigenvalue weighted by atomic mass is 9.96. The maximum Gasteiger partial charge on any atom is 0.271 e. The molecule has 6 nitrogen and oxygen atoms in total. The number of aliphatic hydroxyl groups is 1. The first kappa shape index (κ1) is 14.2. The number of carbonyl (C=O) groups excluding carboxylic acids is 1. The van der Waals surface area contributed by atoms with E-state index in [0.29, 0.717) is 5.78 Å². The topological polar surface area (TPSA) is 79.5 Å². The molecular weight excluding hydrogens is 280 g/mol. The van der Waals surface area contributed by atoms with Gasteiger partial charge in [-0.05, 0) is 18.6 Å². The first-order valence-electron chi connectivity index (χ1n) is 6.92. The van der Waals surface area contributed by atoms with Gasteiger partial charge in [0.25, 0.3) is 5.91 Å². The van der Waals surface area contributed by atoms with Crippen molar-refractivity contribution in [1.29, 1.82) is 0 Å². The van der Waals surface area contributed by atoms with Crippen LogP contribution in [0.3, 0.4) is 0 Å². The molecule has 3 rings (SSSR count). The fourth-order valence-electron chi connectivity index (χ4n) is 2.18. The van der Waals surface area contributed by atoms with Gasteiger partial charge in [-0.2, -0.15) is 0 Å². The molecule has 0 bridgehead atoms. The standard InChI is InChI=1S/C16H16N4O2/c1-16(22,12-6-3-2-4-7-12)11-18-14(21)13-10-20-9-5-8-17-15(20)19-13/h2-10,22H,11H2,1H3,(H,18,21). The maximum absolute atomic E-state index is 12.2. The number of aromatic nitrogens is 3. The molecule has 1 atom stereocenters. The number of rotatable bonds is 4. The van der Waals surface area contributed by atoms with Gasteiger partial charge >= 0.3 is 0 Å². The predicted molar refractivity (Wildman–Crippen MR) is 81.3 cm³/mol. The van der Waals surface area contributed by atoms with E-state index in [1.165, 1.54) is 0 Å². The molecule has 1 aromatic carbocycles. The molecular formula is C16H16N4O2. The van der Waals surface area contributed by atoms with E-state index in [1.54, 1.807) is 36.0 Å². The van der Waals surface area contributed by atoms with Crippen LogP contribution in [0, 0.1) is 0 Å². The second-order valence-corrected chi connectivity index (χ2v) is 5.28. The summed E-state index contributed by atoms with van der Waals surface area (Å²) in [5.41, 5.74) is -0.136. The Morgan fingerprint density at radius 3 is 2.82 bits per heavy atom. The molecule has 0 aliphatic rings. The van der Waals surface area contributed by atoms with Crippen LogP contribution in [0.5, 0.6) is 0 Å². The van der Waals surface area contributed by atoms with Crippen molar-refractivity contribution >= 4 is 11.7 Å². The molecule has 0 fully saturated rings. The molecule has 0 radical (unpaired) electrons. The molecule has 0 aliphatic heterocycles. The number of hydrogen-bond donors (Lipinski definition) is 2. The third-order valence-corrected chi connectivity index (χ3v) is 3.46. The Hall–Kier alpha value is -2.73. The summed E-state index contributed by atoms with van der Waals surface area (Å²) in [6, 6.07) is 11.0. The Kier molecular flexibility index (Phi) is 3.60. The van der Waals surface area contributed by atoms with Crippen LogP contribution in [-0.4, -0.2) is 31.9 Å². The van der Waals surface area contributed by atoms with Gasteiger partial charge in [-0.25, -0.2) is 9.97 Å². The summed E-state index contributed by atoms with van der Waals surface area (Å²) in [5.74, 6) is 0.115. The van der Waals surface area contributed by atoms with E-state index in [9.17, 15) is 9.90 Å². The first-order chi connectivity index (χ1) is 10.6. The van der Waals surface area contributed by atoms with Crippen LogP contribution in [0.4, 0.5) is 0 Å². The molecule has 0 aliphatic carbocycles. The third-order valence-electron chi connectivity index (χ3n) is 3.46. The van der Waals surface area contributed by atoms with Crippen molar-refractivity contribution in [1.82, 2.24) is 19.7 Å². The average molecular weight is 296 g/mol. The molecule has 2 N–H and O–H groups in total. The quantitative estimate of drug-likeness (QED) is 0.762. The molecule has 2 aromatic heterocycles. The summed E-state index contributed by atoms with van der Waals surface area (Å²) in [4.78, 5) is 20.4. The summed E-state index contributed by atoms with van der Waals surface area (Å²) in [6.45, 7) is 1.75. The van der Waals surface area contributed by atoms with Gasteiger partial charge in [0.2, 0.25) is 5.78 Å². The molecule has 0 spiro atoms. The molecule has 1 unspecified atom stereocenters. The highest BCUT2D eigenvalue weighted by molar-refractivity contribution is 5.92. The number of hydrogen-bond acceptors (Lipinski definition) is 4. The highest BCUT2D eigenvalue weighted by Crippen LogP contribution is 2.19. The van der Waals surface area contributed by atoms with Crippen molar-refractivity contribution in [3.05, 3.63) is 66.2 Å². The summed E-state index contributed by atoms with van der Waals surface area (Å²) >= 11 is 0. The molecule has 22 heavy (non-hydrogen) atoms. The van der Waals surface area contributed by atoms with Crippen LogP contribution >= 0.6 is 0 Å². The highest BCUT2D eigenvalue weighted by atomic mass is 16.3. The highest BCUT2D eigenvalue weighted by Gasteiger charge is 2.24. The first-order valence-corrected chi connectivity index (χ1v) is 6.92. The average Bonchev–Trinajstić information content (AvgIpc) is 2.98. The minimum atomic E-state index is -1.14. The van der Waals surface area contributed by atoms with Gasteiger partial charge in [0.15, 0.2) is 0 Å². The van der Waals surface area contributed by atoms with E-state index in [2.05, 4.69) is 15.3 Å². The largest absolute Gasteiger partial charge is 0.384 e. The molecule has 0 saturated heterocycles. The number of nitrogens with zero attached hydrogens (tertiary/aromatic N) is 3. The van der Waals surface area contributed by atoms with Crippen LogP contribution in [0.1, 0.15) is 23.0 Å². The number of imidazole rings is 1. The molecule has 112 valence electrons. The van der Waals surface area contributed by atoms with Crippen molar-refractivity contribution in [2.45, 2.75) is 12.5 Å². The van der Waals surface area contributed by atoms with Crippen LogP contribution in [-0.2, 0) is 5.60 Å². The van der Waals surface area contributed by atoms with Crippen LogP contribution in [0.2, 0.25) is 0 Å². The Balaban J connectivity index is 1.72. The van der Waals surface area contributed by atoms with E-state index in [4.69, 9.17) is 0 Å². The minimum Gasteiger partial charge on any atom is -0.384 e. The number of carbonyl (C=O) groups is 1. The van der Waals surface area contributed by atoms with Crippen molar-refractivity contribution in [3.63, 3.8) is 0 Å². The summed E-state index contributed by atoms with van der Waals surface area (Å²) in [6.07, 6.45) is 4.99. The number of amides is 1. The van der Waals surface area contributed by atoms with E-state index >= 15 is 0 Å². The predicted octanol–water partition coefficient (Wildman–Crippen LogP) is 1.37. The van der Waals surface area contributed by atoms with E-state index in [-0.39, 0.29) is 18.1 Å². The van der Waals surface area contributed by atoms with Gasteiger partial charge in [-0.3, -0.25) is 9.20 Å². The Morgan fingerprint density at radius 1 is 1.32 bits per heavy atom. The Morgan fingerprint density at radius 2 is 2.09 bits per heavy atom. The zero-order valence-electron chi connectivity index (χ0n) is 12.1. The Labute approximate surface area is 127 Å². The number of benzene rings is 1. The van der Waals surface area contributed by atoms with E-state index < -0.39 is 5.60 Å². The van der Waals surface area contributed by atoms with Crippen molar-refractivity contribution in [2.24, 2.45) is 0 Å². The van der Waals surface area contributed by atoms with Crippen molar-refractivity contribution < 1.29 is 9.90 Å². The molecule has 0 saturated carbocycles. The fraction of sp³-hybridized carbons (Fsp3) is 0.188. The van der Waals surface area contributed by atoms with Gasteiger partial charge in [0, 0.05) is 18.6 Å². The number of fused-ring (bicyclic) bond motifs is 1. The second-order valence-electron chi connectivity index (χ2n) is 5.28. The monoisotopic (exact) mass is 296 g/mol. The summed E-state index contributed by atoms with van der Waals surface area (Å²) in [5, 5.41) is 13.2. The molecule has 1 amide bonds. The molecule has 3 aromatic rings. The molecule has 6 heteroatoms. The number of nitrogens with one attached hydrogen (secondary N) is 1.